The first kappa shape index (κ1) is 22.7. The molecule has 2 N–H and O–H groups in total. The number of ether oxygens (including phenoxy) is 1. The lowest BCUT2D eigenvalue weighted by atomic mass is 10.2. The molecule has 2 atom stereocenters. The van der Waals surface area contributed by atoms with Crippen molar-refractivity contribution in [3.8, 4) is 0 Å². The summed E-state index contributed by atoms with van der Waals surface area (Å²) in [6, 6.07) is 0. The van der Waals surface area contributed by atoms with Crippen molar-refractivity contribution in [2.45, 2.75) is 51.6 Å². The number of carbonyl (C=O) groups excluding carboxylic acids is 1. The molecule has 0 radical (unpaired) electrons. The summed E-state index contributed by atoms with van der Waals surface area (Å²) >= 11 is 0. The van der Waals surface area contributed by atoms with Gasteiger partial charge in [0.1, 0.15) is 19.3 Å². The highest BCUT2D eigenvalue weighted by Gasteiger charge is 2.17. The van der Waals surface area contributed by atoms with Crippen molar-refractivity contribution in [1.29, 1.82) is 0 Å². The zero-order chi connectivity index (χ0) is 18.0. The number of hydrogen-bond acceptors (Lipinski definition) is 5. The second-order valence-electron chi connectivity index (χ2n) is 5.10. The minimum Gasteiger partial charge on any atom is -0.463 e. The average molecular weight is 359 g/mol. The van der Waals surface area contributed by atoms with E-state index in [4.69, 9.17) is 9.63 Å². The molecule has 7 heteroatoms. The molecule has 0 bridgehead atoms. The highest BCUT2D eigenvalue weighted by atomic mass is 31.1. The van der Waals surface area contributed by atoms with Crippen LogP contribution in [0.1, 0.15) is 45.4 Å². The molecule has 0 aliphatic rings. The molecule has 0 aromatic carbocycles. The number of hydrogen-bond donors (Lipinski definition) is 2. The number of allylic oxidation sites excluding steroid dienone is 6. The van der Waals surface area contributed by atoms with Gasteiger partial charge in [-0.15, -0.1) is 9.42 Å². The SMILES string of the molecule is CC=CCC=CCC=CCCCCC(=O)OCC(O)CO[P+](=O)O. The molecule has 6 nitrogen and oxygen atoms in total. The summed E-state index contributed by atoms with van der Waals surface area (Å²) in [5.41, 5.74) is 0. The normalized spacial score (nSPS) is 13.9. The minimum atomic E-state index is -2.75. The van der Waals surface area contributed by atoms with Crippen LogP contribution in [0.3, 0.4) is 0 Å². The van der Waals surface area contributed by atoms with Gasteiger partial charge < -0.3 is 9.84 Å². The first-order chi connectivity index (χ1) is 11.6. The van der Waals surface area contributed by atoms with Crippen LogP contribution in [-0.2, 0) is 18.6 Å². The van der Waals surface area contributed by atoms with Crippen LogP contribution in [-0.4, -0.2) is 35.3 Å². The first-order valence-corrected chi connectivity index (χ1v) is 9.23. The Kier molecular flexibility index (Phi) is 15.6. The van der Waals surface area contributed by atoms with Crippen LogP contribution >= 0.6 is 8.25 Å². The van der Waals surface area contributed by atoms with Gasteiger partial charge in [0, 0.05) is 11.0 Å². The van der Waals surface area contributed by atoms with Gasteiger partial charge in [-0.05, 0) is 39.0 Å². The van der Waals surface area contributed by atoms with E-state index >= 15 is 0 Å². The van der Waals surface area contributed by atoms with Crippen molar-refractivity contribution in [1.82, 2.24) is 0 Å². The fraction of sp³-hybridized carbons (Fsp3) is 0.588. The molecule has 2 unspecified atom stereocenters. The Labute approximate surface area is 144 Å². The number of unbranched alkanes of at least 4 members (excludes halogenated alkanes) is 2. The van der Waals surface area contributed by atoms with Gasteiger partial charge in [-0.25, -0.2) is 0 Å². The van der Waals surface area contributed by atoms with Crippen molar-refractivity contribution in [2.75, 3.05) is 13.2 Å². The van der Waals surface area contributed by atoms with Crippen LogP contribution in [0.2, 0.25) is 0 Å². The summed E-state index contributed by atoms with van der Waals surface area (Å²) in [6.45, 7) is 1.43. The van der Waals surface area contributed by atoms with Gasteiger partial charge in [0.25, 0.3) is 0 Å². The molecule has 0 spiro atoms. The number of aliphatic hydroxyl groups is 1. The first-order valence-electron chi connectivity index (χ1n) is 8.10. The molecule has 136 valence electrons. The average Bonchev–Trinajstić information content (AvgIpc) is 2.56. The van der Waals surface area contributed by atoms with Crippen LogP contribution in [0, 0.1) is 0 Å². The molecule has 0 aromatic heterocycles. The lowest BCUT2D eigenvalue weighted by Crippen LogP contribution is -2.22. The highest BCUT2D eigenvalue weighted by Crippen LogP contribution is 2.14. The molecule has 0 fully saturated rings. The maximum Gasteiger partial charge on any atom is 0.694 e. The van der Waals surface area contributed by atoms with Gasteiger partial charge in [-0.3, -0.25) is 4.79 Å². The zero-order valence-electron chi connectivity index (χ0n) is 14.2. The van der Waals surface area contributed by atoms with E-state index in [-0.39, 0.29) is 13.2 Å². The lowest BCUT2D eigenvalue weighted by molar-refractivity contribution is -0.147. The maximum atomic E-state index is 11.4. The predicted molar refractivity (Wildman–Crippen MR) is 93.5 cm³/mol. The van der Waals surface area contributed by atoms with Gasteiger partial charge >= 0.3 is 14.2 Å². The molecule has 0 aliphatic carbocycles. The summed E-state index contributed by atoms with van der Waals surface area (Å²) in [6.07, 6.45) is 16.2. The van der Waals surface area contributed by atoms with Crippen LogP contribution in [0.4, 0.5) is 0 Å². The van der Waals surface area contributed by atoms with E-state index in [2.05, 4.69) is 34.9 Å². The van der Waals surface area contributed by atoms with E-state index in [1.807, 2.05) is 13.0 Å². The van der Waals surface area contributed by atoms with Gasteiger partial charge in [-0.2, -0.15) is 0 Å². The third-order valence-electron chi connectivity index (χ3n) is 2.93. The third-order valence-corrected chi connectivity index (χ3v) is 3.30. The quantitative estimate of drug-likeness (QED) is 0.213. The molecule has 0 saturated carbocycles. The Hall–Kier alpha value is -1.33. The minimum absolute atomic E-state index is 0.235. The van der Waals surface area contributed by atoms with Gasteiger partial charge in [0.05, 0.1) is 0 Å². The largest absolute Gasteiger partial charge is 0.694 e. The molecule has 0 amide bonds. The van der Waals surface area contributed by atoms with Crippen molar-refractivity contribution in [3.05, 3.63) is 36.5 Å². The molecular formula is C17H28O6P+. The molecule has 0 aromatic rings. The summed E-state index contributed by atoms with van der Waals surface area (Å²) < 4.78 is 19.4. The molecular weight excluding hydrogens is 331 g/mol. The van der Waals surface area contributed by atoms with E-state index in [1.165, 1.54) is 0 Å². The lowest BCUT2D eigenvalue weighted by Gasteiger charge is -2.08. The number of aliphatic hydroxyl groups excluding tert-OH is 1. The summed E-state index contributed by atoms with van der Waals surface area (Å²) in [7, 11) is -2.75. The Bertz CT molecular complexity index is 431. The Morgan fingerprint density at radius 1 is 1.08 bits per heavy atom. The second-order valence-corrected chi connectivity index (χ2v) is 5.83. The fourth-order valence-electron chi connectivity index (χ4n) is 1.69. The second kappa shape index (κ2) is 16.5. The summed E-state index contributed by atoms with van der Waals surface area (Å²) in [5, 5.41) is 9.35. The van der Waals surface area contributed by atoms with E-state index in [0.717, 1.165) is 32.1 Å². The Morgan fingerprint density at radius 2 is 1.75 bits per heavy atom. The number of carbonyl (C=O) groups is 1. The van der Waals surface area contributed by atoms with Crippen LogP contribution in [0.15, 0.2) is 36.5 Å². The van der Waals surface area contributed by atoms with E-state index < -0.39 is 20.3 Å². The standard InChI is InChI=1S/C17H27O6P/c1-2-3-4-5-6-7-8-9-10-11-12-13-17(19)22-14-16(18)15-23-24(20)21/h2-3,5-6,8-9,16,18H,4,7,10-15H2,1H3/p+1. The summed E-state index contributed by atoms with van der Waals surface area (Å²) in [5.74, 6) is -0.390. The van der Waals surface area contributed by atoms with Crippen molar-refractivity contribution in [2.24, 2.45) is 0 Å². The third kappa shape index (κ3) is 17.0. The van der Waals surface area contributed by atoms with Gasteiger partial charge in [0.2, 0.25) is 0 Å². The summed E-state index contributed by atoms with van der Waals surface area (Å²) in [4.78, 5) is 19.8. The Balaban J connectivity index is 3.51. The molecule has 0 heterocycles. The van der Waals surface area contributed by atoms with E-state index in [9.17, 15) is 14.5 Å². The van der Waals surface area contributed by atoms with Crippen LogP contribution < -0.4 is 0 Å². The van der Waals surface area contributed by atoms with Crippen molar-refractivity contribution in [3.63, 3.8) is 0 Å². The molecule has 0 rings (SSSR count). The van der Waals surface area contributed by atoms with Gasteiger partial charge in [-0.1, -0.05) is 36.5 Å². The maximum absolute atomic E-state index is 11.4. The van der Waals surface area contributed by atoms with Gasteiger partial charge in [0.15, 0.2) is 0 Å². The predicted octanol–water partition coefficient (Wildman–Crippen LogP) is 3.59. The Morgan fingerprint density at radius 3 is 2.42 bits per heavy atom. The molecule has 0 saturated heterocycles. The zero-order valence-corrected chi connectivity index (χ0v) is 15.1. The molecule has 24 heavy (non-hydrogen) atoms. The van der Waals surface area contributed by atoms with Crippen molar-refractivity contribution < 1.29 is 28.6 Å². The van der Waals surface area contributed by atoms with Crippen LogP contribution in [0.25, 0.3) is 0 Å². The topological polar surface area (TPSA) is 93.1 Å². The van der Waals surface area contributed by atoms with Crippen molar-refractivity contribution >= 4 is 14.2 Å². The number of esters is 1. The smallest absolute Gasteiger partial charge is 0.463 e. The van der Waals surface area contributed by atoms with Crippen LogP contribution in [0.5, 0.6) is 0 Å². The fourth-order valence-corrected chi connectivity index (χ4v) is 1.99. The molecule has 0 aliphatic heterocycles. The van der Waals surface area contributed by atoms with E-state index in [1.54, 1.807) is 0 Å². The van der Waals surface area contributed by atoms with E-state index in [0.29, 0.717) is 6.42 Å². The monoisotopic (exact) mass is 359 g/mol. The highest BCUT2D eigenvalue weighted by molar-refractivity contribution is 7.32. The number of rotatable bonds is 14.